The van der Waals surface area contributed by atoms with Gasteiger partial charge in [-0.15, -0.1) is 0 Å². The number of nitrogens with zero attached hydrogens (tertiary/aromatic N) is 2. The fraction of sp³-hybridized carbons (Fsp3) is 0.158. The Morgan fingerprint density at radius 2 is 1.72 bits per heavy atom. The molecule has 0 saturated heterocycles. The van der Waals surface area contributed by atoms with Crippen LogP contribution in [-0.4, -0.2) is 16.5 Å². The Morgan fingerprint density at radius 1 is 0.960 bits per heavy atom. The van der Waals surface area contributed by atoms with Crippen LogP contribution < -0.4 is 10.6 Å². The van der Waals surface area contributed by atoms with Gasteiger partial charge in [0.1, 0.15) is 17.5 Å². The first-order chi connectivity index (χ1) is 12.1. The van der Waals surface area contributed by atoms with E-state index in [1.54, 1.807) is 24.3 Å². The minimum absolute atomic E-state index is 0.207. The monoisotopic (exact) mass is 340 g/mol. The van der Waals surface area contributed by atoms with E-state index in [4.69, 9.17) is 0 Å². The van der Waals surface area contributed by atoms with E-state index in [9.17, 15) is 8.78 Å². The molecule has 2 aromatic carbocycles. The molecule has 0 unspecified atom stereocenters. The van der Waals surface area contributed by atoms with Gasteiger partial charge in [-0.1, -0.05) is 18.2 Å². The molecule has 0 saturated carbocycles. The van der Waals surface area contributed by atoms with Crippen LogP contribution in [0.4, 0.5) is 26.2 Å². The largest absolute Gasteiger partial charge is 0.370 e. The molecule has 2 N–H and O–H groups in total. The summed E-state index contributed by atoms with van der Waals surface area (Å²) in [6.45, 7) is 2.41. The van der Waals surface area contributed by atoms with Gasteiger partial charge < -0.3 is 10.6 Å². The first kappa shape index (κ1) is 16.8. The van der Waals surface area contributed by atoms with E-state index in [0.717, 1.165) is 5.69 Å². The number of anilines is 3. The Hall–Kier alpha value is -3.02. The van der Waals surface area contributed by atoms with Crippen molar-refractivity contribution in [3.63, 3.8) is 0 Å². The van der Waals surface area contributed by atoms with Crippen LogP contribution in [0.1, 0.15) is 11.3 Å². The van der Waals surface area contributed by atoms with Crippen LogP contribution >= 0.6 is 0 Å². The zero-order chi connectivity index (χ0) is 17.6. The van der Waals surface area contributed by atoms with Crippen molar-refractivity contribution < 1.29 is 8.78 Å². The van der Waals surface area contributed by atoms with E-state index in [0.29, 0.717) is 36.0 Å². The average molecular weight is 340 g/mol. The summed E-state index contributed by atoms with van der Waals surface area (Å²) in [4.78, 5) is 8.70. The van der Waals surface area contributed by atoms with Crippen LogP contribution in [0.3, 0.4) is 0 Å². The zero-order valence-electron chi connectivity index (χ0n) is 13.8. The van der Waals surface area contributed by atoms with Gasteiger partial charge in [-0.2, -0.15) is 4.98 Å². The van der Waals surface area contributed by atoms with E-state index >= 15 is 0 Å². The molecule has 0 fully saturated rings. The second kappa shape index (κ2) is 7.70. The van der Waals surface area contributed by atoms with Crippen LogP contribution in [0.25, 0.3) is 0 Å². The summed E-state index contributed by atoms with van der Waals surface area (Å²) in [7, 11) is 0. The molecule has 25 heavy (non-hydrogen) atoms. The van der Waals surface area contributed by atoms with Gasteiger partial charge in [0.15, 0.2) is 0 Å². The molecule has 0 amide bonds. The summed E-state index contributed by atoms with van der Waals surface area (Å²) < 4.78 is 26.6. The molecule has 3 aromatic rings. The van der Waals surface area contributed by atoms with Crippen molar-refractivity contribution in [3.8, 4) is 0 Å². The van der Waals surface area contributed by atoms with Gasteiger partial charge in [-0.25, -0.2) is 13.8 Å². The first-order valence-electron chi connectivity index (χ1n) is 7.96. The Balaban J connectivity index is 1.65. The molecule has 0 aliphatic carbocycles. The van der Waals surface area contributed by atoms with E-state index in [1.807, 2.05) is 19.1 Å². The van der Waals surface area contributed by atoms with E-state index in [-0.39, 0.29) is 11.6 Å². The first-order valence-corrected chi connectivity index (χ1v) is 7.96. The maximum atomic E-state index is 13.6. The molecule has 4 nitrogen and oxygen atoms in total. The van der Waals surface area contributed by atoms with Crippen LogP contribution in [0, 0.1) is 18.6 Å². The van der Waals surface area contributed by atoms with Gasteiger partial charge in [-0.05, 0) is 49.2 Å². The van der Waals surface area contributed by atoms with E-state index in [1.165, 1.54) is 18.2 Å². The minimum Gasteiger partial charge on any atom is -0.370 e. The highest BCUT2D eigenvalue weighted by molar-refractivity contribution is 5.55. The van der Waals surface area contributed by atoms with Crippen molar-refractivity contribution in [2.75, 3.05) is 17.2 Å². The van der Waals surface area contributed by atoms with E-state index < -0.39 is 0 Å². The second-order valence-corrected chi connectivity index (χ2v) is 5.62. The van der Waals surface area contributed by atoms with Crippen molar-refractivity contribution in [2.45, 2.75) is 13.3 Å². The third kappa shape index (κ3) is 4.73. The predicted molar refractivity (Wildman–Crippen MR) is 95.0 cm³/mol. The molecule has 0 aliphatic heterocycles. The molecular formula is C19H18F2N4. The lowest BCUT2D eigenvalue weighted by Gasteiger charge is -2.10. The van der Waals surface area contributed by atoms with Gasteiger partial charge >= 0.3 is 0 Å². The summed E-state index contributed by atoms with van der Waals surface area (Å²) in [6.07, 6.45) is 0.552. The summed E-state index contributed by atoms with van der Waals surface area (Å²) >= 11 is 0. The fourth-order valence-corrected chi connectivity index (χ4v) is 2.40. The van der Waals surface area contributed by atoms with Crippen LogP contribution in [-0.2, 0) is 6.42 Å². The third-order valence-corrected chi connectivity index (χ3v) is 3.61. The number of nitrogens with one attached hydrogen (secondary N) is 2. The summed E-state index contributed by atoms with van der Waals surface area (Å²) in [5, 5.41) is 6.22. The maximum Gasteiger partial charge on any atom is 0.229 e. The number of aryl methyl sites for hydroxylation is 1. The molecule has 0 radical (unpaired) electrons. The Kier molecular flexibility index (Phi) is 5.18. The number of rotatable bonds is 6. The van der Waals surface area contributed by atoms with Crippen LogP contribution in [0.2, 0.25) is 0 Å². The lowest BCUT2D eigenvalue weighted by molar-refractivity contribution is 0.610. The molecule has 1 heterocycles. The highest BCUT2D eigenvalue weighted by atomic mass is 19.1. The molecule has 0 aliphatic rings. The molecule has 0 spiro atoms. The normalized spacial score (nSPS) is 10.5. The zero-order valence-corrected chi connectivity index (χ0v) is 13.8. The van der Waals surface area contributed by atoms with Gasteiger partial charge in [0.2, 0.25) is 5.95 Å². The summed E-state index contributed by atoms with van der Waals surface area (Å²) in [5.41, 5.74) is 2.14. The highest BCUT2D eigenvalue weighted by Crippen LogP contribution is 2.16. The van der Waals surface area contributed by atoms with Crippen molar-refractivity contribution in [3.05, 3.63) is 77.5 Å². The number of hydrogen-bond donors (Lipinski definition) is 2. The number of hydrogen-bond acceptors (Lipinski definition) is 4. The standard InChI is InChI=1S/C19H18F2N4/c1-13-12-18(22-11-10-14-4-2-3-5-17(14)21)25-19(23-13)24-16-8-6-15(20)7-9-16/h2-9,12H,10-11H2,1H3,(H2,22,23,24,25). The quantitative estimate of drug-likeness (QED) is 0.695. The van der Waals surface area contributed by atoms with Gasteiger partial charge in [-0.3, -0.25) is 0 Å². The number of benzene rings is 2. The second-order valence-electron chi connectivity index (χ2n) is 5.62. The molecular weight excluding hydrogens is 322 g/mol. The average Bonchev–Trinajstić information content (AvgIpc) is 2.58. The third-order valence-electron chi connectivity index (χ3n) is 3.61. The van der Waals surface area contributed by atoms with Crippen LogP contribution in [0.15, 0.2) is 54.6 Å². The Morgan fingerprint density at radius 3 is 2.48 bits per heavy atom. The smallest absolute Gasteiger partial charge is 0.229 e. The topological polar surface area (TPSA) is 49.8 Å². The summed E-state index contributed by atoms with van der Waals surface area (Å²) in [5.74, 6) is 0.557. The van der Waals surface area contributed by atoms with Crippen molar-refractivity contribution in [2.24, 2.45) is 0 Å². The molecule has 6 heteroatoms. The molecule has 1 aromatic heterocycles. The van der Waals surface area contributed by atoms with Crippen LogP contribution in [0.5, 0.6) is 0 Å². The SMILES string of the molecule is Cc1cc(NCCc2ccccc2F)nc(Nc2ccc(F)cc2)n1. The van der Waals surface area contributed by atoms with Gasteiger partial charge in [0, 0.05) is 24.0 Å². The predicted octanol–water partition coefficient (Wildman–Crippen LogP) is 4.46. The molecule has 128 valence electrons. The lowest BCUT2D eigenvalue weighted by Crippen LogP contribution is -2.09. The fourth-order valence-electron chi connectivity index (χ4n) is 2.40. The van der Waals surface area contributed by atoms with Gasteiger partial charge in [0.25, 0.3) is 0 Å². The number of halogens is 2. The lowest BCUT2D eigenvalue weighted by atomic mass is 10.1. The molecule has 3 rings (SSSR count). The summed E-state index contributed by atoms with van der Waals surface area (Å²) in [6, 6.07) is 14.5. The Bertz CT molecular complexity index is 850. The molecule has 0 atom stereocenters. The minimum atomic E-state index is -0.300. The van der Waals surface area contributed by atoms with Crippen molar-refractivity contribution in [1.82, 2.24) is 9.97 Å². The van der Waals surface area contributed by atoms with E-state index in [2.05, 4.69) is 20.6 Å². The molecule has 0 bridgehead atoms. The Labute approximate surface area is 145 Å². The maximum absolute atomic E-state index is 13.6. The van der Waals surface area contributed by atoms with Crippen molar-refractivity contribution >= 4 is 17.5 Å². The highest BCUT2D eigenvalue weighted by Gasteiger charge is 2.04. The van der Waals surface area contributed by atoms with Gasteiger partial charge in [0.05, 0.1) is 0 Å². The van der Waals surface area contributed by atoms with Crippen molar-refractivity contribution in [1.29, 1.82) is 0 Å². The number of aromatic nitrogens is 2.